The molecule has 138 valence electrons. The third-order valence-corrected chi connectivity index (χ3v) is 5.02. The molecule has 0 radical (unpaired) electrons. The average Bonchev–Trinajstić information content (AvgIpc) is 3.30. The number of carbonyl (C=O) groups excluding carboxylic acids is 2. The van der Waals surface area contributed by atoms with Crippen LogP contribution in [0, 0.1) is 0 Å². The number of benzene rings is 2. The van der Waals surface area contributed by atoms with Crippen molar-refractivity contribution in [1.29, 1.82) is 0 Å². The Morgan fingerprint density at radius 1 is 0.852 bits per heavy atom. The molecule has 2 aromatic carbocycles. The van der Waals surface area contributed by atoms with E-state index in [9.17, 15) is 14.7 Å². The van der Waals surface area contributed by atoms with E-state index < -0.39 is 17.6 Å². The van der Waals surface area contributed by atoms with Gasteiger partial charge in [-0.3, -0.25) is 9.59 Å². The minimum absolute atomic E-state index is 0.00581. The van der Waals surface area contributed by atoms with E-state index in [-0.39, 0.29) is 5.57 Å². The van der Waals surface area contributed by atoms with Crippen molar-refractivity contribution in [3.05, 3.63) is 59.9 Å². The van der Waals surface area contributed by atoms with Gasteiger partial charge in [-0.05, 0) is 54.8 Å². The van der Waals surface area contributed by atoms with Gasteiger partial charge in [-0.2, -0.15) is 0 Å². The second kappa shape index (κ2) is 6.79. The molecule has 1 fully saturated rings. The van der Waals surface area contributed by atoms with Gasteiger partial charge in [0.2, 0.25) is 0 Å². The number of anilines is 2. The molecule has 2 aliphatic rings. The van der Waals surface area contributed by atoms with E-state index in [0.29, 0.717) is 17.0 Å². The van der Waals surface area contributed by atoms with Crippen molar-refractivity contribution in [2.24, 2.45) is 0 Å². The Labute approximate surface area is 157 Å². The monoisotopic (exact) mass is 364 g/mol. The zero-order valence-electron chi connectivity index (χ0n) is 15.0. The molecule has 2 aliphatic heterocycles. The summed E-state index contributed by atoms with van der Waals surface area (Å²) in [6.45, 7) is 2.04. The van der Waals surface area contributed by atoms with E-state index >= 15 is 0 Å². The van der Waals surface area contributed by atoms with Crippen LogP contribution in [0.3, 0.4) is 0 Å². The molecular formula is C21H20N2O4. The third-order valence-electron chi connectivity index (χ3n) is 5.02. The Kier molecular flexibility index (Phi) is 4.32. The van der Waals surface area contributed by atoms with E-state index in [1.165, 1.54) is 12.8 Å². The first-order chi connectivity index (χ1) is 13.1. The lowest BCUT2D eigenvalue weighted by molar-refractivity contribution is -0.121. The number of imide groups is 1. The van der Waals surface area contributed by atoms with Crippen molar-refractivity contribution >= 4 is 28.8 Å². The number of methoxy groups -OCH3 is 1. The number of ether oxygens (including phenoxy) is 1. The molecule has 6 nitrogen and oxygen atoms in total. The zero-order valence-corrected chi connectivity index (χ0v) is 15.0. The Hall–Kier alpha value is -3.28. The zero-order chi connectivity index (χ0) is 19.0. The van der Waals surface area contributed by atoms with Crippen LogP contribution in [0.25, 0.3) is 5.57 Å². The number of amides is 2. The molecule has 0 aromatic heterocycles. The van der Waals surface area contributed by atoms with E-state index in [4.69, 9.17) is 4.74 Å². The molecule has 2 heterocycles. The quantitative estimate of drug-likeness (QED) is 0.844. The van der Waals surface area contributed by atoms with Gasteiger partial charge in [0, 0.05) is 18.8 Å². The number of aliphatic hydroxyl groups excluding tert-OH is 1. The molecule has 2 aromatic rings. The lowest BCUT2D eigenvalue weighted by atomic mass is 10.1. The molecule has 1 N–H and O–H groups in total. The first-order valence-corrected chi connectivity index (χ1v) is 8.91. The highest BCUT2D eigenvalue weighted by atomic mass is 16.5. The van der Waals surface area contributed by atoms with Crippen LogP contribution in [0.1, 0.15) is 18.4 Å². The maximum atomic E-state index is 12.9. The van der Waals surface area contributed by atoms with Gasteiger partial charge < -0.3 is 14.7 Å². The van der Waals surface area contributed by atoms with Crippen LogP contribution in [0.5, 0.6) is 5.75 Å². The van der Waals surface area contributed by atoms with Gasteiger partial charge in [0.15, 0.2) is 5.76 Å². The van der Waals surface area contributed by atoms with Crippen LogP contribution in [0.2, 0.25) is 0 Å². The van der Waals surface area contributed by atoms with E-state index in [1.54, 1.807) is 43.5 Å². The van der Waals surface area contributed by atoms with E-state index in [1.807, 2.05) is 12.1 Å². The van der Waals surface area contributed by atoms with Crippen LogP contribution in [-0.2, 0) is 9.59 Å². The summed E-state index contributed by atoms with van der Waals surface area (Å²) >= 11 is 0. The van der Waals surface area contributed by atoms with Crippen molar-refractivity contribution in [1.82, 2.24) is 0 Å². The minimum Gasteiger partial charge on any atom is -0.502 e. The fourth-order valence-electron chi connectivity index (χ4n) is 3.56. The van der Waals surface area contributed by atoms with Crippen LogP contribution < -0.4 is 14.5 Å². The maximum absolute atomic E-state index is 12.9. The number of carbonyl (C=O) groups is 2. The van der Waals surface area contributed by atoms with Crippen molar-refractivity contribution in [2.75, 3.05) is 30.0 Å². The molecule has 0 atom stereocenters. The van der Waals surface area contributed by atoms with Gasteiger partial charge >= 0.3 is 5.91 Å². The number of aliphatic hydroxyl groups is 1. The third kappa shape index (κ3) is 2.93. The molecule has 0 saturated carbocycles. The fourth-order valence-corrected chi connectivity index (χ4v) is 3.56. The van der Waals surface area contributed by atoms with Crippen molar-refractivity contribution < 1.29 is 19.4 Å². The molecule has 2 amide bonds. The molecule has 0 unspecified atom stereocenters. The predicted molar refractivity (Wildman–Crippen MR) is 103 cm³/mol. The molecular weight excluding hydrogens is 344 g/mol. The van der Waals surface area contributed by atoms with Gasteiger partial charge in [0.25, 0.3) is 5.91 Å². The Balaban J connectivity index is 1.61. The molecule has 0 bridgehead atoms. The van der Waals surface area contributed by atoms with E-state index in [2.05, 4.69) is 4.90 Å². The SMILES string of the molecule is COc1ccc(C2=C(O)C(=O)N(c3ccc(N4CCCC4)cc3)C2=O)cc1. The molecule has 27 heavy (non-hydrogen) atoms. The molecule has 0 aliphatic carbocycles. The summed E-state index contributed by atoms with van der Waals surface area (Å²) in [5, 5.41) is 10.3. The summed E-state index contributed by atoms with van der Waals surface area (Å²) in [5.41, 5.74) is 2.00. The number of rotatable bonds is 4. The summed E-state index contributed by atoms with van der Waals surface area (Å²) < 4.78 is 5.11. The highest BCUT2D eigenvalue weighted by Gasteiger charge is 2.40. The molecule has 1 saturated heterocycles. The van der Waals surface area contributed by atoms with Crippen molar-refractivity contribution in [2.45, 2.75) is 12.8 Å². The average molecular weight is 364 g/mol. The van der Waals surface area contributed by atoms with Crippen LogP contribution in [-0.4, -0.2) is 37.1 Å². The van der Waals surface area contributed by atoms with Crippen molar-refractivity contribution in [3.8, 4) is 5.75 Å². The van der Waals surface area contributed by atoms with Crippen LogP contribution in [0.15, 0.2) is 54.3 Å². The van der Waals surface area contributed by atoms with Gasteiger partial charge in [-0.15, -0.1) is 0 Å². The lowest BCUT2D eigenvalue weighted by Crippen LogP contribution is -2.31. The lowest BCUT2D eigenvalue weighted by Gasteiger charge is -2.19. The predicted octanol–water partition coefficient (Wildman–Crippen LogP) is 3.14. The highest BCUT2D eigenvalue weighted by molar-refractivity contribution is 6.44. The normalized spacial score (nSPS) is 17.2. The number of hydrogen-bond donors (Lipinski definition) is 1. The standard InChI is InChI=1S/C21H20N2O4/c1-27-17-10-4-14(5-11-17)18-19(24)21(26)23(20(18)25)16-8-6-15(7-9-16)22-12-2-3-13-22/h4-11,24H,2-3,12-13H2,1H3. The van der Waals surface area contributed by atoms with Gasteiger partial charge in [-0.25, -0.2) is 4.90 Å². The molecule has 0 spiro atoms. The largest absolute Gasteiger partial charge is 0.502 e. The minimum atomic E-state index is -0.709. The maximum Gasteiger partial charge on any atom is 0.301 e. The van der Waals surface area contributed by atoms with E-state index in [0.717, 1.165) is 23.7 Å². The summed E-state index contributed by atoms with van der Waals surface area (Å²) in [6, 6.07) is 14.0. The first-order valence-electron chi connectivity index (χ1n) is 8.91. The van der Waals surface area contributed by atoms with Crippen molar-refractivity contribution in [3.63, 3.8) is 0 Å². The van der Waals surface area contributed by atoms with Crippen LogP contribution in [0.4, 0.5) is 11.4 Å². The Bertz CT molecular complexity index is 910. The summed E-state index contributed by atoms with van der Waals surface area (Å²) in [5.74, 6) is -1.14. The topological polar surface area (TPSA) is 70.1 Å². The second-order valence-corrected chi connectivity index (χ2v) is 6.61. The molecule has 6 heteroatoms. The highest BCUT2D eigenvalue weighted by Crippen LogP contribution is 2.33. The smallest absolute Gasteiger partial charge is 0.301 e. The summed E-state index contributed by atoms with van der Waals surface area (Å²) in [4.78, 5) is 28.7. The van der Waals surface area contributed by atoms with Gasteiger partial charge in [0.05, 0.1) is 18.4 Å². The fraction of sp³-hybridized carbons (Fsp3) is 0.238. The second-order valence-electron chi connectivity index (χ2n) is 6.61. The van der Waals surface area contributed by atoms with Gasteiger partial charge in [0.1, 0.15) is 5.75 Å². The number of hydrogen-bond acceptors (Lipinski definition) is 5. The number of nitrogens with zero attached hydrogens (tertiary/aromatic N) is 2. The van der Waals surface area contributed by atoms with Crippen LogP contribution >= 0.6 is 0 Å². The summed E-state index contributed by atoms with van der Waals surface area (Å²) in [6.07, 6.45) is 2.35. The Morgan fingerprint density at radius 2 is 1.44 bits per heavy atom. The Morgan fingerprint density at radius 3 is 2.04 bits per heavy atom. The first kappa shape index (κ1) is 17.1. The molecule has 4 rings (SSSR count). The summed E-state index contributed by atoms with van der Waals surface area (Å²) in [7, 11) is 1.55. The van der Waals surface area contributed by atoms with Gasteiger partial charge in [-0.1, -0.05) is 12.1 Å².